The molecule has 0 saturated carbocycles. The van der Waals surface area contributed by atoms with Gasteiger partial charge in [0.25, 0.3) is 0 Å². The van der Waals surface area contributed by atoms with Crippen molar-refractivity contribution >= 4 is 29.5 Å². The fraction of sp³-hybridized carbons (Fsp3) is 0.613. The molecule has 1 aromatic carbocycles. The van der Waals surface area contributed by atoms with Crippen LogP contribution in [0.1, 0.15) is 58.9 Å². The minimum atomic E-state index is -1.62. The molecule has 0 bridgehead atoms. The Bertz CT molecular complexity index is 1370. The number of hydroxylamine groups is 1. The molecule has 5 rings (SSSR count). The molecule has 0 aliphatic carbocycles. The Labute approximate surface area is 267 Å². The van der Waals surface area contributed by atoms with E-state index in [9.17, 15) is 24.3 Å². The fourth-order valence-electron chi connectivity index (χ4n) is 6.05. The number of fused-ring (bicyclic) bond motifs is 1. The molecule has 4 aliphatic heterocycles. The molecular weight excluding hydrogens is 602 g/mol. The van der Waals surface area contributed by atoms with E-state index < -0.39 is 65.2 Å². The monoisotopic (exact) mass is 645 g/mol. The van der Waals surface area contributed by atoms with Gasteiger partial charge in [-0.15, -0.1) is 0 Å². The van der Waals surface area contributed by atoms with Crippen molar-refractivity contribution in [1.82, 2.24) is 21.0 Å². The molecule has 2 fully saturated rings. The number of carbonyl (C=O) groups is 4. The number of hydrogen-bond acceptors (Lipinski definition) is 11. The number of hydrogen-bond donors (Lipinski definition) is 5. The highest BCUT2D eigenvalue weighted by molar-refractivity contribution is 5.93. The Hall–Kier alpha value is -4.08. The summed E-state index contributed by atoms with van der Waals surface area (Å²) in [5.74, 6) is -0.910. The molecular formula is C31H43N5O10. The van der Waals surface area contributed by atoms with E-state index in [4.69, 9.17) is 29.5 Å². The van der Waals surface area contributed by atoms with Crippen molar-refractivity contribution in [2.75, 3.05) is 26.6 Å². The summed E-state index contributed by atoms with van der Waals surface area (Å²) in [7, 11) is 0. The van der Waals surface area contributed by atoms with Crippen molar-refractivity contribution in [2.45, 2.75) is 89.3 Å². The number of benzene rings is 1. The molecule has 15 nitrogen and oxygen atoms in total. The van der Waals surface area contributed by atoms with E-state index in [1.165, 1.54) is 4.90 Å². The number of aliphatic hydroxyl groups is 1. The van der Waals surface area contributed by atoms with Crippen LogP contribution >= 0.6 is 0 Å². The number of rotatable bonds is 10. The molecule has 4 amide bonds. The SMILES string of the molecule is CCC[C@H](NC(=O)[C@@H]1C[C@]2(C=C(c3ccc4c(c3)OCO4)NO2)CN1C(=O)[C@@H](NC(=O)O[C@H]1CCOC1)C(C)(C)C)C(O)C(N)=O. The lowest BCUT2D eigenvalue weighted by Crippen LogP contribution is -2.59. The first-order chi connectivity index (χ1) is 21.8. The second-order valence-corrected chi connectivity index (χ2v) is 13.2. The van der Waals surface area contributed by atoms with Gasteiger partial charge >= 0.3 is 6.09 Å². The smallest absolute Gasteiger partial charge is 0.408 e. The lowest BCUT2D eigenvalue weighted by molar-refractivity contribution is -0.143. The first kappa shape index (κ1) is 33.3. The number of primary amides is 1. The number of nitrogens with one attached hydrogen (secondary N) is 3. The highest BCUT2D eigenvalue weighted by Crippen LogP contribution is 2.41. The van der Waals surface area contributed by atoms with Crippen molar-refractivity contribution < 1.29 is 48.1 Å². The summed E-state index contributed by atoms with van der Waals surface area (Å²) in [4.78, 5) is 60.4. The standard InChI is InChI=1S/C31H43N5O10/c1-5-6-19(24(37)26(32)38)33-27(39)21-13-31(12-20(35-46-31)17-7-8-22-23(11-17)44-16-43-22)15-36(21)28(40)25(30(2,3)4)34-29(41)45-18-9-10-42-14-18/h7-8,11-12,18-19,21,24-25,35,37H,5-6,9-10,13-16H2,1-4H3,(H2,32,38)(H,33,39)(H,34,41)/t18-,19-,21-,24?,25+,31+/m0/s1. The Morgan fingerprint density at radius 1 is 1.20 bits per heavy atom. The Balaban J connectivity index is 1.43. The molecule has 15 heteroatoms. The molecule has 4 aliphatic rings. The van der Waals surface area contributed by atoms with E-state index in [1.54, 1.807) is 32.9 Å². The van der Waals surface area contributed by atoms with Crippen LogP contribution in [0.25, 0.3) is 5.70 Å². The number of likely N-dealkylation sites (tertiary alicyclic amines) is 1. The van der Waals surface area contributed by atoms with Gasteiger partial charge in [0.1, 0.15) is 23.8 Å². The van der Waals surface area contributed by atoms with Crippen molar-refractivity contribution in [1.29, 1.82) is 0 Å². The normalized spacial score (nSPS) is 25.4. The highest BCUT2D eigenvalue weighted by Gasteiger charge is 2.54. The van der Waals surface area contributed by atoms with E-state index in [-0.39, 0.29) is 32.8 Å². The van der Waals surface area contributed by atoms with Gasteiger partial charge in [0, 0.05) is 18.4 Å². The molecule has 252 valence electrons. The number of nitrogens with two attached hydrogens (primary N) is 1. The van der Waals surface area contributed by atoms with Crippen LogP contribution in [0.5, 0.6) is 11.5 Å². The van der Waals surface area contributed by atoms with Crippen molar-refractivity contribution in [3.8, 4) is 11.5 Å². The molecule has 0 aromatic heterocycles. The largest absolute Gasteiger partial charge is 0.454 e. The van der Waals surface area contributed by atoms with Gasteiger partial charge in [-0.05, 0) is 36.1 Å². The molecule has 4 heterocycles. The maximum atomic E-state index is 14.4. The second-order valence-electron chi connectivity index (χ2n) is 13.2. The van der Waals surface area contributed by atoms with Crippen LogP contribution in [0.3, 0.4) is 0 Å². The third-order valence-electron chi connectivity index (χ3n) is 8.53. The number of nitrogens with zero attached hydrogens (tertiary/aromatic N) is 1. The third kappa shape index (κ3) is 7.16. The van der Waals surface area contributed by atoms with Crippen molar-refractivity contribution in [3.63, 3.8) is 0 Å². The van der Waals surface area contributed by atoms with Gasteiger partial charge in [-0.3, -0.25) is 24.7 Å². The zero-order chi connectivity index (χ0) is 33.2. The van der Waals surface area contributed by atoms with Crippen LogP contribution < -0.4 is 31.3 Å². The maximum Gasteiger partial charge on any atom is 0.408 e. The number of amides is 4. The highest BCUT2D eigenvalue weighted by atomic mass is 16.7. The van der Waals surface area contributed by atoms with E-state index in [2.05, 4.69) is 16.1 Å². The Morgan fingerprint density at radius 3 is 2.63 bits per heavy atom. The van der Waals surface area contributed by atoms with Gasteiger partial charge in [0.15, 0.2) is 17.6 Å². The molecule has 6 N–H and O–H groups in total. The van der Waals surface area contributed by atoms with Gasteiger partial charge in [-0.1, -0.05) is 34.1 Å². The third-order valence-corrected chi connectivity index (χ3v) is 8.53. The van der Waals surface area contributed by atoms with Crippen molar-refractivity contribution in [2.24, 2.45) is 11.1 Å². The fourth-order valence-corrected chi connectivity index (χ4v) is 6.05. The molecule has 6 atom stereocenters. The van der Waals surface area contributed by atoms with E-state index in [0.29, 0.717) is 36.6 Å². The molecule has 0 radical (unpaired) electrons. The van der Waals surface area contributed by atoms with Crippen LogP contribution in [0, 0.1) is 5.41 Å². The predicted octanol–water partition coefficient (Wildman–Crippen LogP) is 0.692. The summed E-state index contributed by atoms with van der Waals surface area (Å²) < 4.78 is 21.7. The molecule has 1 spiro atoms. The van der Waals surface area contributed by atoms with E-state index >= 15 is 0 Å². The van der Waals surface area contributed by atoms with Crippen LogP contribution in [-0.2, 0) is 28.7 Å². The average Bonchev–Trinajstić information content (AvgIpc) is 3.82. The minimum absolute atomic E-state index is 0.0395. The predicted molar refractivity (Wildman–Crippen MR) is 162 cm³/mol. The molecule has 1 unspecified atom stereocenters. The van der Waals surface area contributed by atoms with Gasteiger partial charge in [0.05, 0.1) is 31.5 Å². The van der Waals surface area contributed by atoms with Crippen LogP contribution in [0.15, 0.2) is 24.3 Å². The summed E-state index contributed by atoms with van der Waals surface area (Å²) in [6.07, 6.45) is 0.415. The summed E-state index contributed by atoms with van der Waals surface area (Å²) in [5.41, 5.74) is 7.71. The number of aliphatic hydroxyl groups excluding tert-OH is 1. The first-order valence-electron chi connectivity index (χ1n) is 15.5. The first-order valence-corrected chi connectivity index (χ1v) is 15.5. The average molecular weight is 646 g/mol. The van der Waals surface area contributed by atoms with Gasteiger partial charge < -0.3 is 45.3 Å². The number of carbonyl (C=O) groups excluding carboxylic acids is 4. The van der Waals surface area contributed by atoms with Crippen LogP contribution in [0.2, 0.25) is 0 Å². The Morgan fingerprint density at radius 2 is 1.96 bits per heavy atom. The van der Waals surface area contributed by atoms with Gasteiger partial charge in [-0.25, -0.2) is 4.79 Å². The zero-order valence-corrected chi connectivity index (χ0v) is 26.5. The number of alkyl carbamates (subject to hydrolysis) is 1. The molecule has 2 saturated heterocycles. The molecule has 46 heavy (non-hydrogen) atoms. The quantitative estimate of drug-likeness (QED) is 0.240. The number of ether oxygens (including phenoxy) is 4. The lowest BCUT2D eigenvalue weighted by atomic mass is 9.85. The van der Waals surface area contributed by atoms with Gasteiger partial charge in [0.2, 0.25) is 24.5 Å². The summed E-state index contributed by atoms with van der Waals surface area (Å²) >= 11 is 0. The summed E-state index contributed by atoms with van der Waals surface area (Å²) in [6.45, 7) is 8.05. The van der Waals surface area contributed by atoms with Gasteiger partial charge in [-0.2, -0.15) is 0 Å². The zero-order valence-electron chi connectivity index (χ0n) is 26.5. The summed E-state index contributed by atoms with van der Waals surface area (Å²) in [6, 6.07) is 2.27. The Kier molecular flexibility index (Phi) is 9.65. The van der Waals surface area contributed by atoms with Crippen LogP contribution in [0.4, 0.5) is 4.79 Å². The summed E-state index contributed by atoms with van der Waals surface area (Å²) in [5, 5.41) is 15.9. The molecule has 1 aromatic rings. The van der Waals surface area contributed by atoms with Crippen LogP contribution in [-0.4, -0.2) is 96.3 Å². The topological polar surface area (TPSA) is 200 Å². The maximum absolute atomic E-state index is 14.4. The van der Waals surface area contributed by atoms with Crippen molar-refractivity contribution in [3.05, 3.63) is 29.8 Å². The van der Waals surface area contributed by atoms with E-state index in [0.717, 1.165) is 5.56 Å². The second kappa shape index (κ2) is 13.3. The minimum Gasteiger partial charge on any atom is -0.454 e. The lowest BCUT2D eigenvalue weighted by Gasteiger charge is -2.35. The van der Waals surface area contributed by atoms with E-state index in [1.807, 2.05) is 19.1 Å².